The Morgan fingerprint density at radius 1 is 0.682 bits per heavy atom. The first-order valence-electron chi connectivity index (χ1n) is 8.36. The smallest absolute Gasteiger partial charge is 0.0140 e. The Morgan fingerprint density at radius 2 is 1.18 bits per heavy atom. The molecule has 0 aromatic heterocycles. The maximum atomic E-state index is 2.97. The quantitative estimate of drug-likeness (QED) is 0.587. The van der Waals surface area contributed by atoms with Gasteiger partial charge >= 0.3 is 0 Å². The van der Waals surface area contributed by atoms with Crippen molar-refractivity contribution in [3.63, 3.8) is 0 Å². The molecule has 0 aliphatic carbocycles. The van der Waals surface area contributed by atoms with E-state index in [0.717, 1.165) is 0 Å². The van der Waals surface area contributed by atoms with E-state index in [1.54, 1.807) is 5.56 Å². The topological polar surface area (TPSA) is 0 Å². The number of hydrogen-bond donors (Lipinski definition) is 0. The molecule has 0 radical (unpaired) electrons. The van der Waals surface area contributed by atoms with Crippen molar-refractivity contribution in [1.29, 1.82) is 0 Å². The largest absolute Gasteiger partial charge is 0.105 e. The first-order chi connectivity index (χ1) is 10.3. The van der Waals surface area contributed by atoms with Gasteiger partial charge in [-0.25, -0.2) is 0 Å². The minimum atomic E-state index is 0.524. The third-order valence-corrected chi connectivity index (χ3v) is 4.78. The first kappa shape index (κ1) is 17.2. The van der Waals surface area contributed by atoms with Gasteiger partial charge in [-0.3, -0.25) is 0 Å². The van der Waals surface area contributed by atoms with E-state index >= 15 is 0 Å². The summed E-state index contributed by atoms with van der Waals surface area (Å²) in [6.45, 7) is 13.9. The molecule has 0 fully saturated rings. The minimum Gasteiger partial charge on any atom is -0.105 e. The van der Waals surface area contributed by atoms with Gasteiger partial charge in [-0.1, -0.05) is 71.9 Å². The number of benzene rings is 2. The molecule has 0 saturated carbocycles. The van der Waals surface area contributed by atoms with E-state index in [1.165, 1.54) is 27.6 Å². The Balaban J connectivity index is 2.86. The molecular weight excluding hydrogens is 283 g/mol. The zero-order valence-electron chi connectivity index (χ0n) is 14.8. The molecule has 2 rings (SSSR count). The average Bonchev–Trinajstić information content (AvgIpc) is 2.46. The predicted octanol–water partition coefficient (Wildman–Crippen LogP) is 6.22. The van der Waals surface area contributed by atoms with Crippen LogP contribution in [0.4, 0.5) is 0 Å². The van der Waals surface area contributed by atoms with Gasteiger partial charge in [0.25, 0.3) is 0 Å². The molecule has 0 N–H and O–H groups in total. The van der Waals surface area contributed by atoms with Gasteiger partial charge in [-0.15, -0.1) is 9.24 Å². The molecule has 0 saturated heterocycles. The van der Waals surface area contributed by atoms with Crippen molar-refractivity contribution < 1.29 is 0 Å². The molecule has 22 heavy (non-hydrogen) atoms. The summed E-state index contributed by atoms with van der Waals surface area (Å²) in [5.41, 5.74) is 7.32. The molecule has 1 unspecified atom stereocenters. The van der Waals surface area contributed by atoms with Gasteiger partial charge in [0, 0.05) is 0 Å². The third-order valence-electron chi connectivity index (χ3n) is 4.30. The van der Waals surface area contributed by atoms with Gasteiger partial charge < -0.3 is 0 Å². The van der Waals surface area contributed by atoms with Crippen LogP contribution in [0.3, 0.4) is 0 Å². The van der Waals surface area contributed by atoms with Crippen molar-refractivity contribution in [1.82, 2.24) is 0 Å². The van der Waals surface area contributed by atoms with E-state index in [1.807, 2.05) is 0 Å². The summed E-state index contributed by atoms with van der Waals surface area (Å²) in [6.07, 6.45) is 0. The fourth-order valence-electron chi connectivity index (χ4n) is 3.50. The second-order valence-corrected chi connectivity index (χ2v) is 7.71. The lowest BCUT2D eigenvalue weighted by Gasteiger charge is -2.27. The zero-order chi connectivity index (χ0) is 16.4. The molecule has 0 aliphatic rings. The highest BCUT2D eigenvalue weighted by atomic mass is 31.0. The van der Waals surface area contributed by atoms with Gasteiger partial charge in [0.1, 0.15) is 0 Å². The van der Waals surface area contributed by atoms with E-state index in [-0.39, 0.29) is 0 Å². The maximum absolute atomic E-state index is 2.97. The van der Waals surface area contributed by atoms with Gasteiger partial charge in [0.2, 0.25) is 0 Å². The number of rotatable bonds is 4. The van der Waals surface area contributed by atoms with Crippen LogP contribution in [0.25, 0.3) is 11.1 Å². The highest BCUT2D eigenvalue weighted by Crippen LogP contribution is 2.39. The van der Waals surface area contributed by atoms with Crippen molar-refractivity contribution in [2.75, 3.05) is 0 Å². The second-order valence-electron chi connectivity index (χ2n) is 7.08. The normalized spacial score (nSPS) is 11.7. The van der Waals surface area contributed by atoms with Crippen molar-refractivity contribution in [2.24, 2.45) is 0 Å². The van der Waals surface area contributed by atoms with Crippen LogP contribution >= 0.6 is 9.24 Å². The highest BCUT2D eigenvalue weighted by molar-refractivity contribution is 7.27. The van der Waals surface area contributed by atoms with Crippen LogP contribution < -0.4 is 5.30 Å². The maximum Gasteiger partial charge on any atom is -0.0140 e. The van der Waals surface area contributed by atoms with Gasteiger partial charge in [-0.05, 0) is 56.9 Å². The Labute approximate surface area is 138 Å². The van der Waals surface area contributed by atoms with Crippen molar-refractivity contribution in [2.45, 2.75) is 59.3 Å². The molecule has 0 aliphatic heterocycles. The van der Waals surface area contributed by atoms with Crippen LogP contribution in [-0.2, 0) is 0 Å². The third kappa shape index (κ3) is 3.28. The monoisotopic (exact) mass is 312 g/mol. The lowest BCUT2D eigenvalue weighted by atomic mass is 9.79. The Bertz CT molecular complexity index is 637. The summed E-state index contributed by atoms with van der Waals surface area (Å²) in [7, 11) is 2.97. The Kier molecular flexibility index (Phi) is 5.45. The molecular formula is C21H29P. The fourth-order valence-corrected chi connectivity index (χ4v) is 4.16. The summed E-state index contributed by atoms with van der Waals surface area (Å²) < 4.78 is 0. The zero-order valence-corrected chi connectivity index (χ0v) is 15.9. The standard InChI is InChI=1S/C21H29P/c1-13(2)19-17(16-10-8-7-9-11-16)12-18(22)20(14(3)4)21(19)15(5)6/h7-15H,22H2,1-6H3. The van der Waals surface area contributed by atoms with Crippen LogP contribution in [-0.4, -0.2) is 0 Å². The molecule has 0 heterocycles. The molecule has 0 amide bonds. The SMILES string of the molecule is CC(C)c1c(P)cc(-c2ccccc2)c(C(C)C)c1C(C)C. The van der Waals surface area contributed by atoms with E-state index in [2.05, 4.69) is 87.2 Å². The lowest BCUT2D eigenvalue weighted by Crippen LogP contribution is -2.15. The minimum absolute atomic E-state index is 0.524. The first-order valence-corrected chi connectivity index (χ1v) is 8.93. The van der Waals surface area contributed by atoms with Crippen LogP contribution in [0.1, 0.15) is 76.0 Å². The molecule has 2 aromatic rings. The van der Waals surface area contributed by atoms with Crippen molar-refractivity contribution in [3.05, 3.63) is 53.1 Å². The molecule has 1 heteroatoms. The second kappa shape index (κ2) is 6.97. The predicted molar refractivity (Wildman–Crippen MR) is 103 cm³/mol. The summed E-state index contributed by atoms with van der Waals surface area (Å²) in [5, 5.41) is 1.35. The van der Waals surface area contributed by atoms with Gasteiger partial charge in [0.05, 0.1) is 0 Å². The molecule has 1 atom stereocenters. The van der Waals surface area contributed by atoms with Crippen LogP contribution in [0.2, 0.25) is 0 Å². The Morgan fingerprint density at radius 3 is 1.64 bits per heavy atom. The average molecular weight is 312 g/mol. The fraction of sp³-hybridized carbons (Fsp3) is 0.429. The molecule has 0 bridgehead atoms. The van der Waals surface area contributed by atoms with E-state index < -0.39 is 0 Å². The molecule has 0 nitrogen and oxygen atoms in total. The number of hydrogen-bond acceptors (Lipinski definition) is 0. The van der Waals surface area contributed by atoms with E-state index in [9.17, 15) is 0 Å². The van der Waals surface area contributed by atoms with Gasteiger partial charge in [0.15, 0.2) is 0 Å². The highest BCUT2D eigenvalue weighted by Gasteiger charge is 2.22. The van der Waals surface area contributed by atoms with E-state index in [4.69, 9.17) is 0 Å². The Hall–Kier alpha value is -1.13. The summed E-state index contributed by atoms with van der Waals surface area (Å²) >= 11 is 0. The lowest BCUT2D eigenvalue weighted by molar-refractivity contribution is 0.754. The van der Waals surface area contributed by atoms with Crippen LogP contribution in [0, 0.1) is 0 Å². The van der Waals surface area contributed by atoms with Crippen LogP contribution in [0.5, 0.6) is 0 Å². The van der Waals surface area contributed by atoms with Crippen molar-refractivity contribution >= 4 is 14.5 Å². The summed E-state index contributed by atoms with van der Waals surface area (Å²) in [5.74, 6) is 1.61. The molecule has 0 spiro atoms. The van der Waals surface area contributed by atoms with Gasteiger partial charge in [-0.2, -0.15) is 0 Å². The van der Waals surface area contributed by atoms with Crippen LogP contribution in [0.15, 0.2) is 36.4 Å². The molecule has 118 valence electrons. The summed E-state index contributed by atoms with van der Waals surface area (Å²) in [4.78, 5) is 0. The van der Waals surface area contributed by atoms with E-state index in [0.29, 0.717) is 17.8 Å². The molecule has 2 aromatic carbocycles. The summed E-state index contributed by atoms with van der Waals surface area (Å²) in [6, 6.07) is 13.2. The van der Waals surface area contributed by atoms with Crippen molar-refractivity contribution in [3.8, 4) is 11.1 Å².